The van der Waals surface area contributed by atoms with Crippen LogP contribution in [0.15, 0.2) is 6.20 Å². The summed E-state index contributed by atoms with van der Waals surface area (Å²) in [6.07, 6.45) is 1.98. The van der Waals surface area contributed by atoms with Crippen LogP contribution in [0.25, 0.3) is 0 Å². The zero-order chi connectivity index (χ0) is 9.14. The van der Waals surface area contributed by atoms with Crippen molar-refractivity contribution in [1.29, 1.82) is 0 Å². The normalized spacial score (nSPS) is 11.0. The molecule has 3 nitrogen and oxygen atoms in total. The molecule has 1 aromatic rings. The van der Waals surface area contributed by atoms with Gasteiger partial charge < -0.3 is 10.3 Å². The van der Waals surface area contributed by atoms with Gasteiger partial charge in [0.2, 0.25) is 0 Å². The minimum atomic E-state index is 0.592. The monoisotopic (exact) mass is 185 g/mol. The Kier molecular flexibility index (Phi) is 3.03. The number of anilines is 1. The number of hydrogen-bond acceptors (Lipinski definition) is 3. The molecule has 0 radical (unpaired) electrons. The Labute approximate surface area is 77.4 Å². The van der Waals surface area contributed by atoms with E-state index in [1.54, 1.807) is 0 Å². The third-order valence-corrected chi connectivity index (χ3v) is 2.66. The number of aromatic nitrogens is 2. The molecule has 12 heavy (non-hydrogen) atoms. The smallest absolute Gasteiger partial charge is 0.200 e. The van der Waals surface area contributed by atoms with Gasteiger partial charge in [0, 0.05) is 19.0 Å². The fourth-order valence-corrected chi connectivity index (χ4v) is 1.51. The summed E-state index contributed by atoms with van der Waals surface area (Å²) in [5, 5.41) is 0.647. The fourth-order valence-electron chi connectivity index (χ4n) is 0.866. The first-order chi connectivity index (χ1) is 5.59. The Hall–Kier alpha value is -0.640. The van der Waals surface area contributed by atoms with Gasteiger partial charge in [-0.2, -0.15) is 11.8 Å². The van der Waals surface area contributed by atoms with Crippen LogP contribution in [0.4, 0.5) is 5.95 Å². The predicted molar refractivity (Wildman–Crippen MR) is 54.1 cm³/mol. The summed E-state index contributed by atoms with van der Waals surface area (Å²) in [7, 11) is 1.91. The standard InChI is InChI=1S/C8H15N3S/c1-6(2)12-5-7-4-11(3)8(9)10-7/h4,6H,5H2,1-3H3,(H2,9,10). The molecule has 68 valence electrons. The topological polar surface area (TPSA) is 43.8 Å². The zero-order valence-electron chi connectivity index (χ0n) is 7.74. The van der Waals surface area contributed by atoms with E-state index >= 15 is 0 Å². The molecule has 0 bridgehead atoms. The van der Waals surface area contributed by atoms with Gasteiger partial charge in [-0.3, -0.25) is 0 Å². The van der Waals surface area contributed by atoms with Gasteiger partial charge in [0.25, 0.3) is 0 Å². The summed E-state index contributed by atoms with van der Waals surface area (Å²) in [5.74, 6) is 1.54. The largest absolute Gasteiger partial charge is 0.369 e. The molecule has 0 aliphatic rings. The van der Waals surface area contributed by atoms with Crippen LogP contribution in [0.1, 0.15) is 19.5 Å². The zero-order valence-corrected chi connectivity index (χ0v) is 8.56. The summed E-state index contributed by atoms with van der Waals surface area (Å²) in [4.78, 5) is 4.20. The second kappa shape index (κ2) is 3.85. The molecule has 0 unspecified atom stereocenters. The molecule has 0 aliphatic carbocycles. The first kappa shape index (κ1) is 9.45. The minimum absolute atomic E-state index is 0.592. The van der Waals surface area contributed by atoms with Crippen molar-refractivity contribution in [2.45, 2.75) is 24.9 Å². The molecule has 0 atom stereocenters. The Morgan fingerprint density at radius 1 is 1.67 bits per heavy atom. The van der Waals surface area contributed by atoms with Crippen LogP contribution < -0.4 is 5.73 Å². The van der Waals surface area contributed by atoms with Crippen molar-refractivity contribution in [3.63, 3.8) is 0 Å². The molecule has 1 rings (SSSR count). The van der Waals surface area contributed by atoms with Crippen LogP contribution in [0.3, 0.4) is 0 Å². The van der Waals surface area contributed by atoms with Gasteiger partial charge in [-0.05, 0) is 5.25 Å². The lowest BCUT2D eigenvalue weighted by Gasteiger charge is -2.00. The second-order valence-electron chi connectivity index (χ2n) is 3.06. The van der Waals surface area contributed by atoms with E-state index < -0.39 is 0 Å². The lowest BCUT2D eigenvalue weighted by molar-refractivity contribution is 0.929. The molecule has 0 amide bonds. The van der Waals surface area contributed by atoms with E-state index in [1.807, 2.05) is 29.6 Å². The summed E-state index contributed by atoms with van der Waals surface area (Å²) < 4.78 is 1.84. The van der Waals surface area contributed by atoms with E-state index in [1.165, 1.54) is 0 Å². The molecular formula is C8H15N3S. The van der Waals surface area contributed by atoms with Crippen LogP contribution in [0.5, 0.6) is 0 Å². The molecule has 0 aromatic carbocycles. The lowest BCUT2D eigenvalue weighted by Crippen LogP contribution is -1.94. The average molecular weight is 185 g/mol. The highest BCUT2D eigenvalue weighted by Crippen LogP contribution is 2.16. The Bertz CT molecular complexity index is 235. The summed E-state index contributed by atoms with van der Waals surface area (Å²) in [6.45, 7) is 4.36. The van der Waals surface area contributed by atoms with Crippen molar-refractivity contribution in [1.82, 2.24) is 9.55 Å². The third-order valence-electron chi connectivity index (χ3n) is 1.53. The quantitative estimate of drug-likeness (QED) is 0.778. The molecule has 0 saturated heterocycles. The highest BCUT2D eigenvalue weighted by Gasteiger charge is 2.02. The molecule has 0 spiro atoms. The number of nitrogens with two attached hydrogens (primary N) is 1. The second-order valence-corrected chi connectivity index (χ2v) is 4.63. The van der Waals surface area contributed by atoms with E-state index in [2.05, 4.69) is 18.8 Å². The number of nitrogen functional groups attached to an aromatic ring is 1. The van der Waals surface area contributed by atoms with Gasteiger partial charge in [-0.25, -0.2) is 4.98 Å². The number of imidazole rings is 1. The van der Waals surface area contributed by atoms with Crippen LogP contribution in [-0.4, -0.2) is 14.8 Å². The van der Waals surface area contributed by atoms with Crippen molar-refractivity contribution in [2.24, 2.45) is 7.05 Å². The van der Waals surface area contributed by atoms with E-state index in [0.717, 1.165) is 11.4 Å². The first-order valence-corrected chi connectivity index (χ1v) is 5.03. The number of nitrogens with zero attached hydrogens (tertiary/aromatic N) is 2. The number of rotatable bonds is 3. The van der Waals surface area contributed by atoms with Crippen molar-refractivity contribution in [3.05, 3.63) is 11.9 Å². The molecule has 0 fully saturated rings. The molecule has 0 saturated carbocycles. The summed E-state index contributed by atoms with van der Waals surface area (Å²) in [6, 6.07) is 0. The van der Waals surface area contributed by atoms with Crippen molar-refractivity contribution < 1.29 is 0 Å². The molecule has 4 heteroatoms. The van der Waals surface area contributed by atoms with Crippen LogP contribution >= 0.6 is 11.8 Å². The Morgan fingerprint density at radius 3 is 2.75 bits per heavy atom. The van der Waals surface area contributed by atoms with Crippen LogP contribution in [0.2, 0.25) is 0 Å². The first-order valence-electron chi connectivity index (χ1n) is 3.99. The molecule has 2 N–H and O–H groups in total. The molecule has 1 aromatic heterocycles. The molecule has 0 aliphatic heterocycles. The van der Waals surface area contributed by atoms with Gasteiger partial charge in [-0.1, -0.05) is 13.8 Å². The summed E-state index contributed by atoms with van der Waals surface area (Å²) in [5.41, 5.74) is 6.65. The van der Waals surface area contributed by atoms with Gasteiger partial charge in [0.15, 0.2) is 5.95 Å². The maximum atomic E-state index is 5.59. The van der Waals surface area contributed by atoms with Crippen molar-refractivity contribution >= 4 is 17.7 Å². The number of hydrogen-bond donors (Lipinski definition) is 1. The predicted octanol–water partition coefficient (Wildman–Crippen LogP) is 1.64. The highest BCUT2D eigenvalue weighted by atomic mass is 32.2. The highest BCUT2D eigenvalue weighted by molar-refractivity contribution is 7.99. The van der Waals surface area contributed by atoms with Crippen molar-refractivity contribution in [2.75, 3.05) is 5.73 Å². The van der Waals surface area contributed by atoms with Gasteiger partial charge in [0.05, 0.1) is 5.69 Å². The van der Waals surface area contributed by atoms with Gasteiger partial charge in [0.1, 0.15) is 0 Å². The lowest BCUT2D eigenvalue weighted by atomic mass is 10.5. The van der Waals surface area contributed by atoms with E-state index in [9.17, 15) is 0 Å². The molecular weight excluding hydrogens is 170 g/mol. The van der Waals surface area contributed by atoms with Gasteiger partial charge in [-0.15, -0.1) is 0 Å². The number of thioether (sulfide) groups is 1. The SMILES string of the molecule is CC(C)SCc1cn(C)c(N)n1. The fraction of sp³-hybridized carbons (Fsp3) is 0.625. The minimum Gasteiger partial charge on any atom is -0.369 e. The van der Waals surface area contributed by atoms with Crippen LogP contribution in [-0.2, 0) is 12.8 Å². The maximum Gasteiger partial charge on any atom is 0.200 e. The summed E-state index contributed by atoms with van der Waals surface area (Å²) >= 11 is 1.87. The third kappa shape index (κ3) is 2.44. The van der Waals surface area contributed by atoms with E-state index in [-0.39, 0.29) is 0 Å². The van der Waals surface area contributed by atoms with Crippen LogP contribution in [0, 0.1) is 0 Å². The average Bonchev–Trinajstić information content (AvgIpc) is 2.28. The van der Waals surface area contributed by atoms with Crippen molar-refractivity contribution in [3.8, 4) is 0 Å². The molecule has 1 heterocycles. The van der Waals surface area contributed by atoms with E-state index in [4.69, 9.17) is 5.73 Å². The maximum absolute atomic E-state index is 5.59. The Morgan fingerprint density at radius 2 is 2.33 bits per heavy atom. The number of aryl methyl sites for hydroxylation is 1. The Balaban J connectivity index is 2.53. The van der Waals surface area contributed by atoms with E-state index in [0.29, 0.717) is 11.2 Å². The van der Waals surface area contributed by atoms with Gasteiger partial charge >= 0.3 is 0 Å².